The maximum Gasteiger partial charge on any atom is 0.335 e. The molecular formula is C22H29NO3. The van der Waals surface area contributed by atoms with Crippen LogP contribution in [0.15, 0.2) is 36.4 Å². The largest absolute Gasteiger partial charge is 0.507 e. The zero-order valence-corrected chi connectivity index (χ0v) is 16.7. The Hall–Kier alpha value is -2.49. The summed E-state index contributed by atoms with van der Waals surface area (Å²) in [5, 5.41) is 19.9. The number of hydrogen-bond acceptors (Lipinski definition) is 3. The first-order valence-electron chi connectivity index (χ1n) is 8.77. The molecule has 0 aliphatic rings. The van der Waals surface area contributed by atoms with Gasteiger partial charge in [0.15, 0.2) is 0 Å². The normalized spacial score (nSPS) is 12.1. The molecule has 0 saturated heterocycles. The fourth-order valence-electron chi connectivity index (χ4n) is 2.93. The molecule has 0 bridgehead atoms. The van der Waals surface area contributed by atoms with Crippen molar-refractivity contribution in [1.82, 2.24) is 0 Å². The number of benzene rings is 2. The molecule has 26 heavy (non-hydrogen) atoms. The Kier molecular flexibility index (Phi) is 5.09. The highest BCUT2D eigenvalue weighted by Crippen LogP contribution is 2.42. The Morgan fingerprint density at radius 1 is 0.846 bits per heavy atom. The summed E-state index contributed by atoms with van der Waals surface area (Å²) in [6, 6.07) is 10.8. The molecule has 0 radical (unpaired) electrons. The van der Waals surface area contributed by atoms with Gasteiger partial charge in [0, 0.05) is 29.5 Å². The summed E-state index contributed by atoms with van der Waals surface area (Å²) in [5.74, 6) is -0.586. The number of anilines is 2. The average molecular weight is 355 g/mol. The number of carbonyl (C=O) groups is 1. The Morgan fingerprint density at radius 3 is 1.62 bits per heavy atom. The molecule has 4 heteroatoms. The lowest BCUT2D eigenvalue weighted by molar-refractivity contribution is 0.0697. The van der Waals surface area contributed by atoms with Gasteiger partial charge < -0.3 is 15.1 Å². The molecule has 0 spiro atoms. The first-order chi connectivity index (χ1) is 11.8. The summed E-state index contributed by atoms with van der Waals surface area (Å²) in [5.41, 5.74) is 3.50. The standard InChI is InChI=1S/C22H29NO3/c1-21(2,3)17-12-16(13-18(19(17)24)22(4,5)6)23(7)15-10-8-14(9-11-15)20(25)26/h8-13,24H,1-7H3,(H,25,26). The fraction of sp³-hybridized carbons (Fsp3) is 0.409. The van der Waals surface area contributed by atoms with E-state index in [1.807, 2.05) is 24.1 Å². The lowest BCUT2D eigenvalue weighted by Crippen LogP contribution is -2.19. The molecule has 0 heterocycles. The van der Waals surface area contributed by atoms with Crippen molar-refractivity contribution in [3.8, 4) is 5.75 Å². The summed E-state index contributed by atoms with van der Waals surface area (Å²) >= 11 is 0. The molecule has 2 aromatic carbocycles. The van der Waals surface area contributed by atoms with Crippen LogP contribution in [0.4, 0.5) is 11.4 Å². The van der Waals surface area contributed by atoms with E-state index < -0.39 is 5.97 Å². The second-order valence-corrected chi connectivity index (χ2v) is 8.80. The lowest BCUT2D eigenvalue weighted by Gasteiger charge is -2.30. The summed E-state index contributed by atoms with van der Waals surface area (Å²) in [6.45, 7) is 12.5. The summed E-state index contributed by atoms with van der Waals surface area (Å²) in [7, 11) is 1.95. The van der Waals surface area contributed by atoms with Crippen molar-refractivity contribution in [3.63, 3.8) is 0 Å². The molecule has 2 rings (SSSR count). The van der Waals surface area contributed by atoms with Crippen LogP contribution in [0.2, 0.25) is 0 Å². The predicted octanol–water partition coefficient (Wildman–Crippen LogP) is 5.45. The molecule has 0 aromatic heterocycles. The number of phenols is 1. The first kappa shape index (κ1) is 19.8. The van der Waals surface area contributed by atoms with Crippen LogP contribution >= 0.6 is 0 Å². The van der Waals surface area contributed by atoms with Crippen LogP contribution in [0.5, 0.6) is 5.75 Å². The second kappa shape index (κ2) is 6.67. The number of carboxylic acids is 1. The van der Waals surface area contributed by atoms with E-state index in [0.717, 1.165) is 22.5 Å². The molecule has 2 N–H and O–H groups in total. The zero-order chi connectivity index (χ0) is 19.9. The monoisotopic (exact) mass is 355 g/mol. The van der Waals surface area contributed by atoms with E-state index in [2.05, 4.69) is 41.5 Å². The van der Waals surface area contributed by atoms with Gasteiger partial charge in [-0.3, -0.25) is 0 Å². The molecule has 0 atom stereocenters. The fourth-order valence-corrected chi connectivity index (χ4v) is 2.93. The first-order valence-corrected chi connectivity index (χ1v) is 8.77. The molecule has 0 amide bonds. The summed E-state index contributed by atoms with van der Waals surface area (Å²) in [4.78, 5) is 13.1. The number of rotatable bonds is 3. The smallest absolute Gasteiger partial charge is 0.335 e. The van der Waals surface area contributed by atoms with Crippen LogP contribution in [-0.2, 0) is 10.8 Å². The molecule has 0 aliphatic carbocycles. The Bertz CT molecular complexity index is 774. The molecule has 0 aliphatic heterocycles. The zero-order valence-electron chi connectivity index (χ0n) is 16.7. The van der Waals surface area contributed by atoms with Crippen molar-refractivity contribution in [2.75, 3.05) is 11.9 Å². The minimum atomic E-state index is -0.936. The van der Waals surface area contributed by atoms with E-state index in [9.17, 15) is 9.90 Å². The summed E-state index contributed by atoms with van der Waals surface area (Å²) in [6.07, 6.45) is 0. The Morgan fingerprint density at radius 2 is 1.27 bits per heavy atom. The molecular weight excluding hydrogens is 326 g/mol. The topological polar surface area (TPSA) is 60.8 Å². The minimum Gasteiger partial charge on any atom is -0.507 e. The second-order valence-electron chi connectivity index (χ2n) is 8.80. The van der Waals surface area contributed by atoms with Gasteiger partial charge >= 0.3 is 5.97 Å². The van der Waals surface area contributed by atoms with E-state index >= 15 is 0 Å². The number of aromatic hydroxyl groups is 1. The van der Waals surface area contributed by atoms with Crippen LogP contribution in [0.3, 0.4) is 0 Å². The van der Waals surface area contributed by atoms with Gasteiger partial charge in [0.2, 0.25) is 0 Å². The van der Waals surface area contributed by atoms with E-state index in [1.165, 1.54) is 0 Å². The highest BCUT2D eigenvalue weighted by Gasteiger charge is 2.27. The Labute approximate surface area is 156 Å². The van der Waals surface area contributed by atoms with E-state index in [1.54, 1.807) is 24.3 Å². The highest BCUT2D eigenvalue weighted by molar-refractivity contribution is 5.88. The molecule has 0 fully saturated rings. The third-order valence-corrected chi connectivity index (χ3v) is 4.60. The van der Waals surface area contributed by atoms with Crippen molar-refractivity contribution in [2.24, 2.45) is 0 Å². The quantitative estimate of drug-likeness (QED) is 0.768. The third kappa shape index (κ3) is 4.01. The van der Waals surface area contributed by atoms with Crippen molar-refractivity contribution in [3.05, 3.63) is 53.1 Å². The third-order valence-electron chi connectivity index (χ3n) is 4.60. The van der Waals surface area contributed by atoms with Crippen LogP contribution in [0.1, 0.15) is 63.0 Å². The maximum absolute atomic E-state index is 11.1. The predicted molar refractivity (Wildman–Crippen MR) is 107 cm³/mol. The minimum absolute atomic E-state index is 0.200. The molecule has 0 unspecified atom stereocenters. The Balaban J connectivity index is 2.59. The number of nitrogens with zero attached hydrogens (tertiary/aromatic N) is 1. The number of phenolic OH excluding ortho intramolecular Hbond substituents is 1. The van der Waals surface area contributed by atoms with Gasteiger partial charge in [-0.25, -0.2) is 4.79 Å². The van der Waals surface area contributed by atoms with E-state index in [0.29, 0.717) is 5.75 Å². The van der Waals surface area contributed by atoms with Gasteiger partial charge in [0.05, 0.1) is 5.56 Å². The van der Waals surface area contributed by atoms with Crippen molar-refractivity contribution in [1.29, 1.82) is 0 Å². The van der Waals surface area contributed by atoms with Gasteiger partial charge in [-0.1, -0.05) is 41.5 Å². The van der Waals surface area contributed by atoms with Crippen molar-refractivity contribution < 1.29 is 15.0 Å². The molecule has 140 valence electrons. The number of hydrogen-bond donors (Lipinski definition) is 2. The van der Waals surface area contributed by atoms with E-state index in [-0.39, 0.29) is 16.4 Å². The van der Waals surface area contributed by atoms with Gasteiger partial charge in [-0.2, -0.15) is 0 Å². The van der Waals surface area contributed by atoms with Crippen LogP contribution in [0, 0.1) is 0 Å². The molecule has 0 saturated carbocycles. The average Bonchev–Trinajstić information content (AvgIpc) is 2.52. The van der Waals surface area contributed by atoms with Gasteiger partial charge in [0.1, 0.15) is 5.75 Å². The van der Waals surface area contributed by atoms with Gasteiger partial charge in [-0.15, -0.1) is 0 Å². The van der Waals surface area contributed by atoms with Gasteiger partial charge in [-0.05, 0) is 47.2 Å². The van der Waals surface area contributed by atoms with Crippen LogP contribution in [0.25, 0.3) is 0 Å². The van der Waals surface area contributed by atoms with Gasteiger partial charge in [0.25, 0.3) is 0 Å². The van der Waals surface area contributed by atoms with Crippen LogP contribution in [-0.4, -0.2) is 23.2 Å². The van der Waals surface area contributed by atoms with Crippen molar-refractivity contribution in [2.45, 2.75) is 52.4 Å². The summed E-state index contributed by atoms with van der Waals surface area (Å²) < 4.78 is 0. The molecule has 4 nitrogen and oxygen atoms in total. The number of aromatic carboxylic acids is 1. The maximum atomic E-state index is 11.1. The lowest BCUT2D eigenvalue weighted by atomic mass is 9.79. The highest BCUT2D eigenvalue weighted by atomic mass is 16.4. The van der Waals surface area contributed by atoms with Crippen LogP contribution < -0.4 is 4.90 Å². The number of carboxylic acid groups (broad SMARTS) is 1. The SMILES string of the molecule is CN(c1ccc(C(=O)O)cc1)c1cc(C(C)(C)C)c(O)c(C(C)(C)C)c1. The van der Waals surface area contributed by atoms with Crippen molar-refractivity contribution >= 4 is 17.3 Å². The van der Waals surface area contributed by atoms with E-state index in [4.69, 9.17) is 5.11 Å². The molecule has 2 aromatic rings.